The fraction of sp³-hybridized carbons (Fsp3) is 0. The Balaban J connectivity index is 1.14. The zero-order valence-corrected chi connectivity index (χ0v) is 24.7. The van der Waals surface area contributed by atoms with Gasteiger partial charge in [0, 0.05) is 16.5 Å². The molecule has 1 nitrogen and oxygen atoms in total. The maximum atomic E-state index is 2.37. The summed E-state index contributed by atoms with van der Waals surface area (Å²) in [5.41, 5.74) is 11.1. The van der Waals surface area contributed by atoms with Crippen LogP contribution in [0.1, 0.15) is 0 Å². The van der Waals surface area contributed by atoms with Crippen molar-refractivity contribution in [2.75, 3.05) is 0 Å². The Labute approximate surface area is 262 Å². The zero-order chi connectivity index (χ0) is 29.7. The number of nitrogens with zero attached hydrogens (tertiary/aromatic N) is 1. The molecule has 1 heteroatoms. The summed E-state index contributed by atoms with van der Waals surface area (Å²) in [5, 5.41) is 7.68. The van der Waals surface area contributed by atoms with Gasteiger partial charge in [-0.05, 0) is 79.2 Å². The fourth-order valence-corrected chi connectivity index (χ4v) is 7.19. The molecule has 8 aromatic carbocycles. The first-order chi connectivity index (χ1) is 22.3. The molecule has 0 saturated heterocycles. The molecule has 0 atom stereocenters. The third-order valence-corrected chi connectivity index (χ3v) is 9.21. The molecular weight excluding hydrogens is 542 g/mol. The fourth-order valence-electron chi connectivity index (χ4n) is 7.19. The highest BCUT2D eigenvalue weighted by atomic mass is 15.0. The molecule has 0 unspecified atom stereocenters. The van der Waals surface area contributed by atoms with Crippen molar-refractivity contribution < 1.29 is 0 Å². The Morgan fingerprint density at radius 3 is 1.04 bits per heavy atom. The van der Waals surface area contributed by atoms with E-state index in [1.54, 1.807) is 0 Å². The van der Waals surface area contributed by atoms with Crippen LogP contribution in [0.3, 0.4) is 0 Å². The summed E-state index contributed by atoms with van der Waals surface area (Å²) in [5.74, 6) is 0. The van der Waals surface area contributed by atoms with Gasteiger partial charge in [-0.15, -0.1) is 0 Å². The van der Waals surface area contributed by atoms with Crippen LogP contribution in [0.15, 0.2) is 176 Å². The lowest BCUT2D eigenvalue weighted by atomic mass is 9.86. The normalized spacial score (nSPS) is 11.6. The molecule has 0 N–H and O–H groups in total. The first-order valence-corrected chi connectivity index (χ1v) is 15.5. The Kier molecular flexibility index (Phi) is 5.89. The average Bonchev–Trinajstić information content (AvgIpc) is 3.45. The molecule has 0 amide bonds. The van der Waals surface area contributed by atoms with Crippen molar-refractivity contribution >= 4 is 43.4 Å². The molecule has 0 bridgehead atoms. The Morgan fingerprint density at radius 1 is 0.244 bits per heavy atom. The van der Waals surface area contributed by atoms with E-state index in [0.717, 1.165) is 0 Å². The lowest BCUT2D eigenvalue weighted by Gasteiger charge is -2.18. The molecule has 1 heterocycles. The van der Waals surface area contributed by atoms with Gasteiger partial charge in [0.15, 0.2) is 0 Å². The smallest absolute Gasteiger partial charge is 0.0541 e. The molecule has 9 rings (SSSR count). The molecule has 0 spiro atoms. The van der Waals surface area contributed by atoms with Gasteiger partial charge in [0.05, 0.1) is 11.0 Å². The minimum atomic E-state index is 1.17. The van der Waals surface area contributed by atoms with Crippen LogP contribution in [0.5, 0.6) is 0 Å². The summed E-state index contributed by atoms with van der Waals surface area (Å²) < 4.78 is 2.37. The first-order valence-electron chi connectivity index (χ1n) is 15.5. The number of hydrogen-bond acceptors (Lipinski definition) is 0. The molecule has 0 radical (unpaired) electrons. The van der Waals surface area contributed by atoms with E-state index in [1.807, 2.05) is 0 Å². The van der Waals surface area contributed by atoms with E-state index in [-0.39, 0.29) is 0 Å². The van der Waals surface area contributed by atoms with Gasteiger partial charge in [-0.25, -0.2) is 0 Å². The van der Waals surface area contributed by atoms with E-state index in [0.29, 0.717) is 0 Å². The summed E-state index contributed by atoms with van der Waals surface area (Å²) in [7, 11) is 0. The van der Waals surface area contributed by atoms with Crippen LogP contribution in [0, 0.1) is 0 Å². The zero-order valence-electron chi connectivity index (χ0n) is 24.7. The second-order valence-corrected chi connectivity index (χ2v) is 11.7. The number of benzene rings is 8. The van der Waals surface area contributed by atoms with E-state index in [9.17, 15) is 0 Å². The van der Waals surface area contributed by atoms with Gasteiger partial charge in [0.25, 0.3) is 0 Å². The predicted molar refractivity (Wildman–Crippen MR) is 192 cm³/mol. The van der Waals surface area contributed by atoms with Gasteiger partial charge in [-0.1, -0.05) is 152 Å². The van der Waals surface area contributed by atoms with Gasteiger partial charge in [-0.2, -0.15) is 0 Å². The quantitative estimate of drug-likeness (QED) is 0.185. The number of para-hydroxylation sites is 2. The van der Waals surface area contributed by atoms with Gasteiger partial charge < -0.3 is 4.57 Å². The van der Waals surface area contributed by atoms with Crippen LogP contribution in [0.25, 0.3) is 82.4 Å². The van der Waals surface area contributed by atoms with Crippen LogP contribution in [-0.4, -0.2) is 4.57 Å². The Hall–Kier alpha value is -5.92. The topological polar surface area (TPSA) is 4.93 Å². The van der Waals surface area contributed by atoms with Crippen molar-refractivity contribution in [2.24, 2.45) is 0 Å². The highest BCUT2D eigenvalue weighted by Crippen LogP contribution is 2.43. The molecule has 0 aliphatic heterocycles. The van der Waals surface area contributed by atoms with Gasteiger partial charge in [0.2, 0.25) is 0 Å². The maximum Gasteiger partial charge on any atom is 0.0541 e. The highest BCUT2D eigenvalue weighted by Gasteiger charge is 2.16. The molecular formula is C44H29N. The first kappa shape index (κ1) is 25.6. The summed E-state index contributed by atoms with van der Waals surface area (Å²) in [6.45, 7) is 0. The van der Waals surface area contributed by atoms with Crippen LogP contribution in [0.4, 0.5) is 0 Å². The van der Waals surface area contributed by atoms with Crippen molar-refractivity contribution in [3.63, 3.8) is 0 Å². The van der Waals surface area contributed by atoms with Crippen molar-refractivity contribution in [2.45, 2.75) is 0 Å². The van der Waals surface area contributed by atoms with E-state index < -0.39 is 0 Å². The number of aromatic nitrogens is 1. The van der Waals surface area contributed by atoms with Crippen LogP contribution < -0.4 is 0 Å². The van der Waals surface area contributed by atoms with E-state index in [1.165, 1.54) is 82.4 Å². The molecule has 210 valence electrons. The third kappa shape index (κ3) is 4.09. The number of fused-ring (bicyclic) bond motifs is 5. The van der Waals surface area contributed by atoms with Crippen molar-refractivity contribution in [1.82, 2.24) is 4.57 Å². The molecule has 0 fully saturated rings. The third-order valence-electron chi connectivity index (χ3n) is 9.21. The molecule has 0 saturated carbocycles. The highest BCUT2D eigenvalue weighted by molar-refractivity contribution is 6.21. The maximum absolute atomic E-state index is 2.37. The van der Waals surface area contributed by atoms with Gasteiger partial charge in [0.1, 0.15) is 0 Å². The van der Waals surface area contributed by atoms with Crippen LogP contribution in [0.2, 0.25) is 0 Å². The minimum Gasteiger partial charge on any atom is -0.309 e. The number of hydrogen-bond donors (Lipinski definition) is 0. The van der Waals surface area contributed by atoms with Crippen molar-refractivity contribution in [3.05, 3.63) is 176 Å². The SMILES string of the molecule is c1ccc(-c2c3ccccc3c(-c3ccc(-c4ccc(-n5c6ccccc6c6ccccc65)cc4)cc3)c3ccccc23)cc1. The van der Waals surface area contributed by atoms with E-state index in [4.69, 9.17) is 0 Å². The van der Waals surface area contributed by atoms with E-state index in [2.05, 4.69) is 180 Å². The monoisotopic (exact) mass is 571 g/mol. The Morgan fingerprint density at radius 2 is 0.578 bits per heavy atom. The molecule has 0 aliphatic carbocycles. The van der Waals surface area contributed by atoms with Crippen LogP contribution >= 0.6 is 0 Å². The molecule has 1 aromatic heterocycles. The Bertz CT molecular complexity index is 2390. The molecule has 45 heavy (non-hydrogen) atoms. The summed E-state index contributed by atoms with van der Waals surface area (Å²) in [6, 6.07) is 63.8. The largest absolute Gasteiger partial charge is 0.309 e. The summed E-state index contributed by atoms with van der Waals surface area (Å²) in [4.78, 5) is 0. The summed E-state index contributed by atoms with van der Waals surface area (Å²) in [6.07, 6.45) is 0. The van der Waals surface area contributed by atoms with Gasteiger partial charge in [-0.3, -0.25) is 0 Å². The van der Waals surface area contributed by atoms with Crippen molar-refractivity contribution in [1.29, 1.82) is 0 Å². The second kappa shape index (κ2) is 10.4. The van der Waals surface area contributed by atoms with Crippen LogP contribution in [-0.2, 0) is 0 Å². The lowest BCUT2D eigenvalue weighted by molar-refractivity contribution is 1.18. The number of rotatable bonds is 4. The van der Waals surface area contributed by atoms with Crippen molar-refractivity contribution in [3.8, 4) is 39.1 Å². The molecule has 9 aromatic rings. The minimum absolute atomic E-state index is 1.17. The molecule has 0 aliphatic rings. The van der Waals surface area contributed by atoms with E-state index >= 15 is 0 Å². The second-order valence-electron chi connectivity index (χ2n) is 11.7. The average molecular weight is 572 g/mol. The van der Waals surface area contributed by atoms with Gasteiger partial charge >= 0.3 is 0 Å². The summed E-state index contributed by atoms with van der Waals surface area (Å²) >= 11 is 0. The standard InChI is InChI=1S/C44H29N/c1-2-12-32(13-3-1)43-37-16-4-6-18-39(37)44(40-19-7-5-17-38(40)43)33-24-22-30(23-25-33)31-26-28-34(29-27-31)45-41-20-10-8-14-35(41)36-15-9-11-21-42(36)45/h1-29H. The predicted octanol–water partition coefficient (Wildman–Crippen LogP) is 12.1. The lowest BCUT2D eigenvalue weighted by Crippen LogP contribution is -1.93.